The second kappa shape index (κ2) is 7.92. The first-order chi connectivity index (χ1) is 11.5. The highest BCUT2D eigenvalue weighted by atomic mass is 16.6. The van der Waals surface area contributed by atoms with E-state index >= 15 is 0 Å². The number of carbonyl (C=O) groups is 3. The van der Waals surface area contributed by atoms with Gasteiger partial charge in [0, 0.05) is 5.56 Å². The van der Waals surface area contributed by atoms with Crippen LogP contribution in [0.2, 0.25) is 0 Å². The highest BCUT2D eigenvalue weighted by Gasteiger charge is 2.09. The molecule has 0 aromatic heterocycles. The first-order valence-corrected chi connectivity index (χ1v) is 7.12. The predicted molar refractivity (Wildman–Crippen MR) is 85.4 cm³/mol. The maximum atomic E-state index is 11.8. The molecule has 0 amide bonds. The van der Waals surface area contributed by atoms with E-state index in [9.17, 15) is 14.4 Å². The van der Waals surface area contributed by atoms with Crippen LogP contribution in [0.5, 0.6) is 11.5 Å². The molecule has 0 N–H and O–H groups in total. The molecule has 2 aromatic rings. The summed E-state index contributed by atoms with van der Waals surface area (Å²) >= 11 is 0. The zero-order valence-electron chi connectivity index (χ0n) is 13.3. The van der Waals surface area contributed by atoms with Gasteiger partial charge < -0.3 is 14.2 Å². The van der Waals surface area contributed by atoms with Crippen LogP contribution in [0.25, 0.3) is 0 Å². The Morgan fingerprint density at radius 1 is 0.917 bits per heavy atom. The van der Waals surface area contributed by atoms with E-state index in [1.165, 1.54) is 38.3 Å². The molecule has 0 unspecified atom stereocenters. The van der Waals surface area contributed by atoms with Crippen molar-refractivity contribution in [1.82, 2.24) is 0 Å². The van der Waals surface area contributed by atoms with Crippen molar-refractivity contribution in [3.8, 4) is 11.5 Å². The van der Waals surface area contributed by atoms with Gasteiger partial charge in [0.15, 0.2) is 12.4 Å². The summed E-state index contributed by atoms with van der Waals surface area (Å²) in [6, 6.07) is 12.5. The van der Waals surface area contributed by atoms with Crippen LogP contribution in [-0.4, -0.2) is 31.4 Å². The summed E-state index contributed by atoms with van der Waals surface area (Å²) in [6.07, 6.45) is 0. The fourth-order valence-corrected chi connectivity index (χ4v) is 1.88. The van der Waals surface area contributed by atoms with Crippen LogP contribution in [0.1, 0.15) is 27.6 Å². The second-order valence-corrected chi connectivity index (χ2v) is 4.86. The normalized spacial score (nSPS) is 9.92. The first kappa shape index (κ1) is 17.2. The molecule has 0 heterocycles. The van der Waals surface area contributed by atoms with Crippen molar-refractivity contribution in [3.63, 3.8) is 0 Å². The zero-order valence-corrected chi connectivity index (χ0v) is 13.3. The van der Waals surface area contributed by atoms with Gasteiger partial charge in [-0.2, -0.15) is 0 Å². The second-order valence-electron chi connectivity index (χ2n) is 4.86. The van der Waals surface area contributed by atoms with Gasteiger partial charge in [-0.3, -0.25) is 4.79 Å². The lowest BCUT2D eigenvalue weighted by Gasteiger charge is -2.08. The van der Waals surface area contributed by atoms with Crippen LogP contribution in [0.3, 0.4) is 0 Å². The van der Waals surface area contributed by atoms with Crippen molar-refractivity contribution in [2.45, 2.75) is 6.92 Å². The third-order valence-electron chi connectivity index (χ3n) is 3.10. The lowest BCUT2D eigenvalue weighted by molar-refractivity contribution is -0.136. The number of ketones is 1. The predicted octanol–water partition coefficient (Wildman–Crippen LogP) is 2.66. The Labute approximate surface area is 139 Å². The van der Waals surface area contributed by atoms with E-state index in [2.05, 4.69) is 4.74 Å². The third-order valence-corrected chi connectivity index (χ3v) is 3.10. The molecule has 0 saturated heterocycles. The smallest absolute Gasteiger partial charge is 0.349 e. The number of benzene rings is 2. The van der Waals surface area contributed by atoms with E-state index in [0.717, 1.165) is 0 Å². The van der Waals surface area contributed by atoms with Gasteiger partial charge in [0.1, 0.15) is 11.5 Å². The molecule has 0 fully saturated rings. The minimum Gasteiger partial charge on any atom is -0.482 e. The van der Waals surface area contributed by atoms with Gasteiger partial charge in [0.25, 0.3) is 0 Å². The number of hydrogen-bond acceptors (Lipinski definition) is 6. The number of rotatable bonds is 6. The SMILES string of the molecule is COC(=O)c1ccc(OC(=O)COc2cccc(C(C)=O)c2)cc1. The average Bonchev–Trinajstić information content (AvgIpc) is 2.60. The van der Waals surface area contributed by atoms with E-state index in [1.807, 2.05) is 0 Å². The molecule has 0 bridgehead atoms. The van der Waals surface area contributed by atoms with E-state index < -0.39 is 11.9 Å². The van der Waals surface area contributed by atoms with E-state index in [-0.39, 0.29) is 18.1 Å². The Bertz CT molecular complexity index is 748. The summed E-state index contributed by atoms with van der Waals surface area (Å²) in [5.74, 6) is -0.473. The van der Waals surface area contributed by atoms with Crippen molar-refractivity contribution < 1.29 is 28.6 Å². The molecule has 0 atom stereocenters. The van der Waals surface area contributed by atoms with Gasteiger partial charge >= 0.3 is 11.9 Å². The quantitative estimate of drug-likeness (QED) is 0.461. The van der Waals surface area contributed by atoms with Gasteiger partial charge in [-0.25, -0.2) is 9.59 Å². The molecule has 0 aliphatic heterocycles. The molecular weight excluding hydrogens is 312 g/mol. The van der Waals surface area contributed by atoms with Crippen LogP contribution in [0.4, 0.5) is 0 Å². The Kier molecular flexibility index (Phi) is 5.68. The molecule has 6 nitrogen and oxygen atoms in total. The van der Waals surface area contributed by atoms with Gasteiger partial charge in [0.2, 0.25) is 0 Å². The maximum absolute atomic E-state index is 11.8. The van der Waals surface area contributed by atoms with Crippen molar-refractivity contribution in [1.29, 1.82) is 0 Å². The molecule has 0 aliphatic carbocycles. The number of methoxy groups -OCH3 is 1. The van der Waals surface area contributed by atoms with Crippen molar-refractivity contribution in [2.75, 3.05) is 13.7 Å². The van der Waals surface area contributed by atoms with Crippen LogP contribution in [0.15, 0.2) is 48.5 Å². The Morgan fingerprint density at radius 2 is 1.62 bits per heavy atom. The minimum atomic E-state index is -0.603. The van der Waals surface area contributed by atoms with Gasteiger partial charge in [-0.05, 0) is 43.3 Å². The Balaban J connectivity index is 1.90. The Hall–Kier alpha value is -3.15. The van der Waals surface area contributed by atoms with Crippen LogP contribution < -0.4 is 9.47 Å². The summed E-state index contributed by atoms with van der Waals surface area (Å²) in [7, 11) is 1.29. The maximum Gasteiger partial charge on any atom is 0.349 e. The van der Waals surface area contributed by atoms with E-state index in [4.69, 9.17) is 9.47 Å². The van der Waals surface area contributed by atoms with Crippen molar-refractivity contribution in [3.05, 3.63) is 59.7 Å². The lowest BCUT2D eigenvalue weighted by atomic mass is 10.1. The average molecular weight is 328 g/mol. The fraction of sp³-hybridized carbons (Fsp3) is 0.167. The van der Waals surface area contributed by atoms with Gasteiger partial charge in [-0.1, -0.05) is 12.1 Å². The number of esters is 2. The molecule has 0 aliphatic rings. The largest absolute Gasteiger partial charge is 0.482 e. The third kappa shape index (κ3) is 4.67. The van der Waals surface area contributed by atoms with Crippen LogP contribution >= 0.6 is 0 Å². The highest BCUT2D eigenvalue weighted by Crippen LogP contribution is 2.15. The summed E-state index contributed by atoms with van der Waals surface area (Å²) in [5, 5.41) is 0. The van der Waals surface area contributed by atoms with Gasteiger partial charge in [-0.15, -0.1) is 0 Å². The monoisotopic (exact) mass is 328 g/mol. The minimum absolute atomic E-state index is 0.0891. The standard InChI is InChI=1S/C18H16O6/c1-12(19)14-4-3-5-16(10-14)23-11-17(20)24-15-8-6-13(7-9-15)18(21)22-2/h3-10H,11H2,1-2H3. The van der Waals surface area contributed by atoms with E-state index in [1.54, 1.807) is 24.3 Å². The molecule has 2 aromatic carbocycles. The lowest BCUT2D eigenvalue weighted by Crippen LogP contribution is -2.17. The number of carbonyl (C=O) groups excluding carboxylic acids is 3. The van der Waals surface area contributed by atoms with E-state index in [0.29, 0.717) is 16.9 Å². The fourth-order valence-electron chi connectivity index (χ4n) is 1.88. The molecule has 124 valence electrons. The summed E-state index contributed by atoms with van der Waals surface area (Å²) in [4.78, 5) is 34.4. The molecule has 24 heavy (non-hydrogen) atoms. The number of hydrogen-bond donors (Lipinski definition) is 0. The molecular formula is C18H16O6. The van der Waals surface area contributed by atoms with Crippen LogP contribution in [0, 0.1) is 0 Å². The zero-order chi connectivity index (χ0) is 17.5. The van der Waals surface area contributed by atoms with Crippen molar-refractivity contribution >= 4 is 17.7 Å². The molecule has 0 spiro atoms. The molecule has 6 heteroatoms. The summed E-state index contributed by atoms with van der Waals surface area (Å²) < 4.78 is 15.0. The first-order valence-electron chi connectivity index (χ1n) is 7.12. The Morgan fingerprint density at radius 3 is 2.25 bits per heavy atom. The molecule has 0 radical (unpaired) electrons. The summed E-state index contributed by atoms with van der Waals surface area (Å²) in [5.41, 5.74) is 0.855. The van der Waals surface area contributed by atoms with Crippen molar-refractivity contribution in [2.24, 2.45) is 0 Å². The summed E-state index contributed by atoms with van der Waals surface area (Å²) in [6.45, 7) is 1.14. The number of Topliss-reactive ketones (excluding diaryl/α,β-unsaturated/α-hetero) is 1. The molecule has 0 saturated carbocycles. The topological polar surface area (TPSA) is 78.9 Å². The van der Waals surface area contributed by atoms with Crippen LogP contribution in [-0.2, 0) is 9.53 Å². The molecule has 2 rings (SSSR count). The highest BCUT2D eigenvalue weighted by molar-refractivity contribution is 5.94. The number of ether oxygens (including phenoxy) is 3. The van der Waals surface area contributed by atoms with Gasteiger partial charge in [0.05, 0.1) is 12.7 Å².